The van der Waals surface area contributed by atoms with Crippen LogP contribution in [0.3, 0.4) is 0 Å². The van der Waals surface area contributed by atoms with Gasteiger partial charge in [-0.1, -0.05) is 56.0 Å². The van der Waals surface area contributed by atoms with E-state index in [0.717, 1.165) is 17.6 Å². The quantitative estimate of drug-likeness (QED) is 0.349. The van der Waals surface area contributed by atoms with Crippen LogP contribution in [0.25, 0.3) is 16.6 Å². The van der Waals surface area contributed by atoms with Crippen LogP contribution in [0.5, 0.6) is 0 Å². The topological polar surface area (TPSA) is 34.9 Å². The van der Waals surface area contributed by atoms with Crippen LogP contribution in [0.1, 0.15) is 31.7 Å². The van der Waals surface area contributed by atoms with Crippen LogP contribution in [-0.4, -0.2) is 15.3 Å². The Bertz CT molecular complexity index is 944. The van der Waals surface area contributed by atoms with E-state index in [1.54, 1.807) is 4.57 Å². The molecule has 0 aliphatic rings. The van der Waals surface area contributed by atoms with Crippen molar-refractivity contribution in [3.63, 3.8) is 0 Å². The van der Waals surface area contributed by atoms with Crippen molar-refractivity contribution in [2.75, 3.05) is 5.75 Å². The van der Waals surface area contributed by atoms with Crippen molar-refractivity contribution in [3.8, 4) is 5.69 Å². The van der Waals surface area contributed by atoms with Crippen molar-refractivity contribution in [3.05, 3.63) is 77.1 Å². The predicted molar refractivity (Wildman–Crippen MR) is 107 cm³/mol. The molecule has 0 saturated carbocycles. The Morgan fingerprint density at radius 2 is 1.92 bits per heavy atom. The molecule has 3 rings (SSSR count). The Morgan fingerprint density at radius 3 is 2.60 bits per heavy atom. The molecule has 0 fully saturated rings. The first-order valence-corrected chi connectivity index (χ1v) is 9.50. The Hall–Kier alpha value is -2.33. The van der Waals surface area contributed by atoms with Gasteiger partial charge in [0.1, 0.15) is 0 Å². The first-order chi connectivity index (χ1) is 12.2. The van der Waals surface area contributed by atoms with Crippen LogP contribution in [-0.2, 0) is 0 Å². The molecule has 1 atom stereocenters. The summed E-state index contributed by atoms with van der Waals surface area (Å²) in [5, 5.41) is 1.33. The summed E-state index contributed by atoms with van der Waals surface area (Å²) in [5.41, 5.74) is 2.83. The standard InChI is InChI=1S/C21H22N2OS/c1-4-14-25-21-22-19-9-7-6-8-18(19)20(24)23(21)17-12-10-16(11-13-17)15(3)5-2/h4,6-13,15H,1,5,14H2,2-3H3/t15-/m1/s1. The van der Waals surface area contributed by atoms with Gasteiger partial charge < -0.3 is 0 Å². The summed E-state index contributed by atoms with van der Waals surface area (Å²) >= 11 is 1.52. The molecule has 0 aliphatic heterocycles. The van der Waals surface area contributed by atoms with Gasteiger partial charge in [0.2, 0.25) is 0 Å². The predicted octanol–water partition coefficient (Wildman–Crippen LogP) is 5.18. The highest BCUT2D eigenvalue weighted by Gasteiger charge is 2.13. The Kier molecular flexibility index (Phi) is 5.39. The van der Waals surface area contributed by atoms with Crippen LogP contribution >= 0.6 is 11.8 Å². The first kappa shape index (κ1) is 17.5. The summed E-state index contributed by atoms with van der Waals surface area (Å²) in [6, 6.07) is 15.7. The van der Waals surface area contributed by atoms with Crippen LogP contribution in [0, 0.1) is 0 Å². The zero-order valence-corrected chi connectivity index (χ0v) is 15.4. The molecule has 0 aliphatic carbocycles. The molecule has 3 aromatic rings. The molecule has 0 radical (unpaired) electrons. The lowest BCUT2D eigenvalue weighted by Crippen LogP contribution is -2.21. The smallest absolute Gasteiger partial charge is 0.266 e. The van der Waals surface area contributed by atoms with Gasteiger partial charge in [0, 0.05) is 5.75 Å². The lowest BCUT2D eigenvalue weighted by molar-refractivity contribution is 0.732. The molecule has 2 aromatic carbocycles. The van der Waals surface area contributed by atoms with Crippen LogP contribution in [0.4, 0.5) is 0 Å². The highest BCUT2D eigenvalue weighted by Crippen LogP contribution is 2.24. The third-order valence-electron chi connectivity index (χ3n) is 4.41. The zero-order valence-electron chi connectivity index (χ0n) is 14.6. The molecule has 0 saturated heterocycles. The van der Waals surface area contributed by atoms with E-state index in [1.807, 2.05) is 42.5 Å². The third kappa shape index (κ3) is 3.54. The molecule has 3 nitrogen and oxygen atoms in total. The van der Waals surface area contributed by atoms with Crippen LogP contribution in [0.15, 0.2) is 71.1 Å². The molecule has 0 amide bonds. The van der Waals surface area contributed by atoms with Gasteiger partial charge in [-0.15, -0.1) is 6.58 Å². The third-order valence-corrected chi connectivity index (χ3v) is 5.34. The number of rotatable bonds is 6. The van der Waals surface area contributed by atoms with Gasteiger partial charge in [0.15, 0.2) is 5.16 Å². The van der Waals surface area contributed by atoms with Gasteiger partial charge in [-0.25, -0.2) is 4.98 Å². The fraction of sp³-hybridized carbons (Fsp3) is 0.238. The molecule has 0 N–H and O–H groups in total. The Morgan fingerprint density at radius 1 is 1.20 bits per heavy atom. The number of fused-ring (bicyclic) bond motifs is 1. The largest absolute Gasteiger partial charge is 0.268 e. The van der Waals surface area contributed by atoms with Gasteiger partial charge in [0.05, 0.1) is 16.6 Å². The van der Waals surface area contributed by atoms with E-state index >= 15 is 0 Å². The van der Waals surface area contributed by atoms with Crippen molar-refractivity contribution < 1.29 is 0 Å². The lowest BCUT2D eigenvalue weighted by atomic mass is 9.98. The number of hydrogen-bond donors (Lipinski definition) is 0. The van der Waals surface area contributed by atoms with Gasteiger partial charge in [0.25, 0.3) is 5.56 Å². The van der Waals surface area contributed by atoms with E-state index in [-0.39, 0.29) is 5.56 Å². The monoisotopic (exact) mass is 350 g/mol. The summed E-state index contributed by atoms with van der Waals surface area (Å²) in [6.07, 6.45) is 2.92. The molecule has 1 aromatic heterocycles. The van der Waals surface area contributed by atoms with Gasteiger partial charge >= 0.3 is 0 Å². The van der Waals surface area contributed by atoms with Crippen LogP contribution < -0.4 is 5.56 Å². The lowest BCUT2D eigenvalue weighted by Gasteiger charge is -2.14. The van der Waals surface area contributed by atoms with E-state index in [0.29, 0.717) is 22.2 Å². The SMILES string of the molecule is C=CCSc1nc2ccccc2c(=O)n1-c1ccc([C@H](C)CC)cc1. The molecule has 25 heavy (non-hydrogen) atoms. The molecule has 0 spiro atoms. The normalized spacial score (nSPS) is 12.2. The van der Waals surface area contributed by atoms with E-state index in [2.05, 4.69) is 32.6 Å². The van der Waals surface area contributed by atoms with Crippen molar-refractivity contribution in [2.24, 2.45) is 0 Å². The minimum atomic E-state index is -0.0338. The number of nitrogens with zero attached hydrogens (tertiary/aromatic N) is 2. The summed E-state index contributed by atoms with van der Waals surface area (Å²) < 4.78 is 1.71. The fourth-order valence-corrected chi connectivity index (χ4v) is 3.51. The molecular weight excluding hydrogens is 328 g/mol. The van der Waals surface area contributed by atoms with Crippen molar-refractivity contribution in [2.45, 2.75) is 31.3 Å². The number of para-hydroxylation sites is 1. The highest BCUT2D eigenvalue weighted by atomic mass is 32.2. The average molecular weight is 350 g/mol. The number of benzene rings is 2. The highest BCUT2D eigenvalue weighted by molar-refractivity contribution is 7.99. The van der Waals surface area contributed by atoms with E-state index in [9.17, 15) is 4.79 Å². The second-order valence-electron chi connectivity index (χ2n) is 6.05. The first-order valence-electron chi connectivity index (χ1n) is 8.51. The van der Waals surface area contributed by atoms with E-state index in [1.165, 1.54) is 17.3 Å². The van der Waals surface area contributed by atoms with Crippen molar-refractivity contribution in [1.29, 1.82) is 0 Å². The van der Waals surface area contributed by atoms with Gasteiger partial charge in [-0.3, -0.25) is 9.36 Å². The molecule has 128 valence electrons. The summed E-state index contributed by atoms with van der Waals surface area (Å²) in [7, 11) is 0. The summed E-state index contributed by atoms with van der Waals surface area (Å²) in [6.45, 7) is 8.16. The number of hydrogen-bond acceptors (Lipinski definition) is 3. The number of aromatic nitrogens is 2. The minimum Gasteiger partial charge on any atom is -0.268 e. The average Bonchev–Trinajstić information content (AvgIpc) is 2.66. The summed E-state index contributed by atoms with van der Waals surface area (Å²) in [5.74, 6) is 1.21. The minimum absolute atomic E-state index is 0.0338. The molecule has 1 heterocycles. The van der Waals surface area contributed by atoms with Crippen molar-refractivity contribution in [1.82, 2.24) is 9.55 Å². The zero-order chi connectivity index (χ0) is 17.8. The second-order valence-corrected chi connectivity index (χ2v) is 7.04. The van der Waals surface area contributed by atoms with Gasteiger partial charge in [-0.05, 0) is 42.2 Å². The van der Waals surface area contributed by atoms with E-state index in [4.69, 9.17) is 4.98 Å². The van der Waals surface area contributed by atoms with Crippen LogP contribution in [0.2, 0.25) is 0 Å². The Balaban J connectivity index is 2.17. The fourth-order valence-electron chi connectivity index (χ4n) is 2.76. The maximum absolute atomic E-state index is 13.1. The van der Waals surface area contributed by atoms with Crippen molar-refractivity contribution >= 4 is 22.7 Å². The Labute approximate surface area is 152 Å². The molecular formula is C21H22N2OS. The summed E-state index contributed by atoms with van der Waals surface area (Å²) in [4.78, 5) is 17.8. The molecule has 0 unspecified atom stereocenters. The molecule has 4 heteroatoms. The number of thioether (sulfide) groups is 1. The maximum atomic E-state index is 13.1. The maximum Gasteiger partial charge on any atom is 0.266 e. The second kappa shape index (κ2) is 7.70. The molecule has 0 bridgehead atoms. The van der Waals surface area contributed by atoms with E-state index < -0.39 is 0 Å². The van der Waals surface area contributed by atoms with Gasteiger partial charge in [-0.2, -0.15) is 0 Å².